The second-order valence-electron chi connectivity index (χ2n) is 3.26. The Balaban J connectivity index is 2.60. The Morgan fingerprint density at radius 3 is 2.78 bits per heavy atom. The first-order valence-electron chi connectivity index (χ1n) is 4.73. The molecule has 0 N–H and O–H groups in total. The topological polar surface area (TPSA) is 39.2 Å². The van der Waals surface area contributed by atoms with Crippen LogP contribution in [0.3, 0.4) is 0 Å². The van der Waals surface area contributed by atoms with E-state index >= 15 is 0 Å². The number of aromatic nitrogens is 1. The van der Waals surface area contributed by atoms with Crippen LogP contribution in [0.2, 0.25) is 5.02 Å². The molecule has 2 rings (SSSR count). The molecule has 1 aromatic carbocycles. The first-order valence-corrected chi connectivity index (χ1v) is 7.51. The summed E-state index contributed by atoms with van der Waals surface area (Å²) in [5, 5.41) is 0.547. The summed E-state index contributed by atoms with van der Waals surface area (Å²) in [5.41, 5.74) is 1.02. The molecule has 0 aliphatic heterocycles. The van der Waals surface area contributed by atoms with E-state index in [1.165, 1.54) is 18.4 Å². The van der Waals surface area contributed by atoms with Crippen LogP contribution in [0.5, 0.6) is 0 Å². The number of carbonyl (C=O) groups is 1. The van der Waals surface area contributed by atoms with Crippen LogP contribution in [0.25, 0.3) is 10.4 Å². The highest BCUT2D eigenvalue weighted by molar-refractivity contribution is 9.11. The molecule has 0 atom stereocenters. The summed E-state index contributed by atoms with van der Waals surface area (Å²) < 4.78 is 6.19. The van der Waals surface area contributed by atoms with E-state index in [1.807, 2.05) is 12.1 Å². The molecule has 0 bridgehead atoms. The van der Waals surface area contributed by atoms with E-state index in [0.717, 1.165) is 10.0 Å². The van der Waals surface area contributed by atoms with Gasteiger partial charge >= 0.3 is 5.97 Å². The fraction of sp³-hybridized carbons (Fsp3) is 0.0909. The SMILES string of the molecule is COC(=O)c1nc(Br)sc1-c1ccc(Br)cc1Cl. The highest BCUT2D eigenvalue weighted by Gasteiger charge is 2.21. The fourth-order valence-corrected chi connectivity index (χ4v) is 3.69. The maximum Gasteiger partial charge on any atom is 0.358 e. The van der Waals surface area contributed by atoms with Crippen molar-refractivity contribution in [1.82, 2.24) is 4.98 Å². The highest BCUT2D eigenvalue weighted by atomic mass is 79.9. The Bertz CT molecular complexity index is 615. The lowest BCUT2D eigenvalue weighted by molar-refractivity contribution is 0.0595. The van der Waals surface area contributed by atoms with Crippen molar-refractivity contribution in [3.05, 3.63) is 37.3 Å². The molecule has 0 radical (unpaired) electrons. The number of benzene rings is 1. The van der Waals surface area contributed by atoms with E-state index in [2.05, 4.69) is 36.8 Å². The third-order valence-electron chi connectivity index (χ3n) is 2.16. The van der Waals surface area contributed by atoms with Crippen molar-refractivity contribution in [2.24, 2.45) is 0 Å². The van der Waals surface area contributed by atoms with E-state index in [9.17, 15) is 4.79 Å². The number of hydrogen-bond donors (Lipinski definition) is 0. The van der Waals surface area contributed by atoms with Crippen LogP contribution < -0.4 is 0 Å². The molecule has 0 aliphatic rings. The monoisotopic (exact) mass is 409 g/mol. The molecule has 0 aliphatic carbocycles. The molecule has 3 nitrogen and oxygen atoms in total. The van der Waals surface area contributed by atoms with Gasteiger partial charge in [-0.15, -0.1) is 11.3 Å². The average molecular weight is 412 g/mol. The van der Waals surface area contributed by atoms with E-state index in [1.54, 1.807) is 6.07 Å². The Kier molecular flexibility index (Phi) is 4.42. The highest BCUT2D eigenvalue weighted by Crippen LogP contribution is 2.38. The van der Waals surface area contributed by atoms with Crippen molar-refractivity contribution in [3.8, 4) is 10.4 Å². The summed E-state index contributed by atoms with van der Waals surface area (Å²) in [7, 11) is 1.32. The van der Waals surface area contributed by atoms with Gasteiger partial charge in [0.1, 0.15) is 0 Å². The molecule has 0 amide bonds. The molecule has 1 heterocycles. The van der Waals surface area contributed by atoms with Crippen molar-refractivity contribution in [1.29, 1.82) is 0 Å². The molecule has 18 heavy (non-hydrogen) atoms. The number of methoxy groups -OCH3 is 1. The van der Waals surface area contributed by atoms with Gasteiger partial charge in [-0.3, -0.25) is 0 Å². The quantitative estimate of drug-likeness (QED) is 0.668. The number of rotatable bonds is 2. The number of thiazole rings is 1. The number of carbonyl (C=O) groups excluding carboxylic acids is 1. The van der Waals surface area contributed by atoms with Crippen molar-refractivity contribution in [2.45, 2.75) is 0 Å². The minimum absolute atomic E-state index is 0.263. The second-order valence-corrected chi connectivity index (χ2v) is 6.86. The zero-order valence-corrected chi connectivity index (χ0v) is 13.8. The molecule has 0 spiro atoms. The van der Waals surface area contributed by atoms with Crippen molar-refractivity contribution >= 4 is 60.8 Å². The minimum Gasteiger partial charge on any atom is -0.464 e. The van der Waals surface area contributed by atoms with Gasteiger partial charge in [0.05, 0.1) is 17.0 Å². The molecule has 94 valence electrons. The molecule has 7 heteroatoms. The Morgan fingerprint density at radius 2 is 2.17 bits per heavy atom. The summed E-state index contributed by atoms with van der Waals surface area (Å²) in [4.78, 5) is 16.4. The van der Waals surface area contributed by atoms with E-state index < -0.39 is 5.97 Å². The zero-order valence-electron chi connectivity index (χ0n) is 9.04. The van der Waals surface area contributed by atoms with Gasteiger partial charge in [-0.1, -0.05) is 33.6 Å². The van der Waals surface area contributed by atoms with E-state index in [4.69, 9.17) is 16.3 Å². The third kappa shape index (κ3) is 2.77. The average Bonchev–Trinajstić information content (AvgIpc) is 2.70. The van der Waals surface area contributed by atoms with Crippen molar-refractivity contribution in [2.75, 3.05) is 7.11 Å². The lowest BCUT2D eigenvalue weighted by Gasteiger charge is -2.04. The standard InChI is InChI=1S/C11H6Br2ClNO2S/c1-17-10(16)8-9(18-11(13)15-8)6-3-2-5(12)4-7(6)14/h2-4H,1H3. The number of esters is 1. The largest absolute Gasteiger partial charge is 0.464 e. The minimum atomic E-state index is -0.481. The number of hydrogen-bond acceptors (Lipinski definition) is 4. The second kappa shape index (κ2) is 5.69. The van der Waals surface area contributed by atoms with E-state index in [-0.39, 0.29) is 5.69 Å². The summed E-state index contributed by atoms with van der Waals surface area (Å²) in [6.07, 6.45) is 0. The summed E-state index contributed by atoms with van der Waals surface area (Å²) >= 11 is 14.1. The fourth-order valence-electron chi connectivity index (χ4n) is 1.39. The Hall–Kier alpha value is -0.430. The summed E-state index contributed by atoms with van der Waals surface area (Å²) in [6, 6.07) is 5.46. The molecule has 1 aromatic heterocycles. The van der Waals surface area contributed by atoms with Crippen LogP contribution in [0.15, 0.2) is 26.6 Å². The first-order chi connectivity index (χ1) is 8.52. The molecular formula is C11H6Br2ClNO2S. The van der Waals surface area contributed by atoms with Crippen LogP contribution in [-0.4, -0.2) is 18.1 Å². The Morgan fingerprint density at radius 1 is 1.44 bits per heavy atom. The third-order valence-corrected chi connectivity index (χ3v) is 4.50. The molecule has 0 unspecified atom stereocenters. The smallest absolute Gasteiger partial charge is 0.358 e. The van der Waals surface area contributed by atoms with Gasteiger partial charge in [0.2, 0.25) is 0 Å². The van der Waals surface area contributed by atoms with Gasteiger partial charge < -0.3 is 4.74 Å². The lowest BCUT2D eigenvalue weighted by Crippen LogP contribution is -2.03. The molecular weight excluding hydrogens is 405 g/mol. The van der Waals surface area contributed by atoms with Gasteiger partial charge in [0, 0.05) is 10.0 Å². The number of nitrogens with zero attached hydrogens (tertiary/aromatic N) is 1. The predicted octanol–water partition coefficient (Wildman–Crippen LogP) is 4.78. The molecule has 0 fully saturated rings. The van der Waals surface area contributed by atoms with Gasteiger partial charge in [0.25, 0.3) is 0 Å². The van der Waals surface area contributed by atoms with Crippen LogP contribution in [0, 0.1) is 0 Å². The maximum absolute atomic E-state index is 11.6. The van der Waals surface area contributed by atoms with Crippen LogP contribution in [0.1, 0.15) is 10.5 Å². The molecule has 0 saturated carbocycles. The van der Waals surface area contributed by atoms with Crippen LogP contribution in [0.4, 0.5) is 0 Å². The maximum atomic E-state index is 11.6. The van der Waals surface area contributed by atoms with Gasteiger partial charge in [0.15, 0.2) is 9.61 Å². The van der Waals surface area contributed by atoms with Gasteiger partial charge in [-0.05, 0) is 28.1 Å². The van der Waals surface area contributed by atoms with Crippen molar-refractivity contribution in [3.63, 3.8) is 0 Å². The zero-order chi connectivity index (χ0) is 13.3. The number of ether oxygens (including phenoxy) is 1. The normalized spacial score (nSPS) is 10.4. The van der Waals surface area contributed by atoms with Crippen LogP contribution >= 0.6 is 54.8 Å². The van der Waals surface area contributed by atoms with Gasteiger partial charge in [-0.25, -0.2) is 9.78 Å². The lowest BCUT2D eigenvalue weighted by atomic mass is 10.1. The van der Waals surface area contributed by atoms with Gasteiger partial charge in [-0.2, -0.15) is 0 Å². The van der Waals surface area contributed by atoms with E-state index in [0.29, 0.717) is 13.8 Å². The summed E-state index contributed by atoms with van der Waals surface area (Å²) in [6.45, 7) is 0. The predicted molar refractivity (Wildman–Crippen MR) is 79.3 cm³/mol. The van der Waals surface area contributed by atoms with Crippen molar-refractivity contribution < 1.29 is 9.53 Å². The Labute approximate surface area is 129 Å². The first kappa shape index (κ1) is 14.0. The van der Waals surface area contributed by atoms with Crippen LogP contribution in [-0.2, 0) is 4.74 Å². The molecule has 0 saturated heterocycles. The summed E-state index contributed by atoms with van der Waals surface area (Å²) in [5.74, 6) is -0.481. The molecule has 2 aromatic rings. The number of halogens is 3.